The van der Waals surface area contributed by atoms with Crippen LogP contribution in [-0.4, -0.2) is 59.3 Å². The summed E-state index contributed by atoms with van der Waals surface area (Å²) >= 11 is 0. The Kier molecular flexibility index (Phi) is 7.79. The summed E-state index contributed by atoms with van der Waals surface area (Å²) in [7, 11) is -3.41. The lowest BCUT2D eigenvalue weighted by molar-refractivity contribution is 0.328. The molecular formula is C25H28F2N6O3S. The molecule has 1 aliphatic rings. The van der Waals surface area contributed by atoms with Crippen LogP contribution < -0.4 is 11.1 Å². The second kappa shape index (κ2) is 10.9. The van der Waals surface area contributed by atoms with Gasteiger partial charge in [0.05, 0.1) is 28.0 Å². The van der Waals surface area contributed by atoms with Crippen molar-refractivity contribution in [2.45, 2.75) is 49.2 Å². The largest absolute Gasteiger partial charge is 0.418 e. The Balaban J connectivity index is 1.53. The Bertz CT molecular complexity index is 1420. The van der Waals surface area contributed by atoms with Gasteiger partial charge < -0.3 is 15.5 Å². The molecule has 9 nitrogen and oxygen atoms in total. The number of nitrogen functional groups attached to an aromatic ring is 1. The maximum Gasteiger partial charge on any atom is 0.270 e. The molecule has 0 amide bonds. The Morgan fingerprint density at radius 2 is 1.89 bits per heavy atom. The molecule has 0 spiro atoms. The highest BCUT2D eigenvalue weighted by atomic mass is 32.2. The van der Waals surface area contributed by atoms with Crippen molar-refractivity contribution in [1.29, 1.82) is 0 Å². The summed E-state index contributed by atoms with van der Waals surface area (Å²) in [6, 6.07) is 6.29. The molecule has 4 rings (SSSR count). The normalized spacial score (nSPS) is 18.7. The minimum absolute atomic E-state index is 0.0187. The standard InChI is InChI=1S/C25H28F2N6O3S/c1-14(2)37(34,35)18-7-5-17(6-8-18)21-13-30-23(28)22(31-21)25-33-32-24(36-25)19-9-4-16(10-20(19)27)12-29-11-15(3)26/h4-10,13-15,19-20,29H,11-12H2,1-3H3,(H2,28,30). The molecule has 0 radical (unpaired) electrons. The number of benzene rings is 1. The van der Waals surface area contributed by atoms with Crippen LogP contribution in [0.2, 0.25) is 0 Å². The lowest BCUT2D eigenvalue weighted by Crippen LogP contribution is -2.25. The van der Waals surface area contributed by atoms with Gasteiger partial charge in [-0.2, -0.15) is 0 Å². The van der Waals surface area contributed by atoms with E-state index in [1.165, 1.54) is 31.3 Å². The second-order valence-corrected chi connectivity index (χ2v) is 11.5. The fourth-order valence-electron chi connectivity index (χ4n) is 3.70. The van der Waals surface area contributed by atoms with Crippen LogP contribution in [-0.2, 0) is 9.84 Å². The van der Waals surface area contributed by atoms with Crippen molar-refractivity contribution in [3.05, 3.63) is 60.2 Å². The first-order chi connectivity index (χ1) is 17.6. The Morgan fingerprint density at radius 1 is 1.16 bits per heavy atom. The van der Waals surface area contributed by atoms with Crippen LogP contribution in [0.15, 0.2) is 63.6 Å². The van der Waals surface area contributed by atoms with Crippen molar-refractivity contribution in [2.24, 2.45) is 0 Å². The average Bonchev–Trinajstić information content (AvgIpc) is 3.34. The smallest absolute Gasteiger partial charge is 0.270 e. The number of alkyl halides is 2. The number of sulfone groups is 1. The summed E-state index contributed by atoms with van der Waals surface area (Å²) in [5.74, 6) is -0.716. The zero-order chi connectivity index (χ0) is 26.7. The first kappa shape index (κ1) is 26.6. The molecule has 2 aromatic heterocycles. The monoisotopic (exact) mass is 530 g/mol. The molecule has 3 atom stereocenters. The fourth-order valence-corrected chi connectivity index (χ4v) is 4.76. The highest BCUT2D eigenvalue weighted by molar-refractivity contribution is 7.92. The van der Waals surface area contributed by atoms with Gasteiger partial charge in [0.2, 0.25) is 5.89 Å². The van der Waals surface area contributed by atoms with Gasteiger partial charge in [-0.1, -0.05) is 24.3 Å². The highest BCUT2D eigenvalue weighted by Gasteiger charge is 2.28. The molecule has 0 aliphatic heterocycles. The van der Waals surface area contributed by atoms with Gasteiger partial charge in [-0.15, -0.1) is 10.2 Å². The van der Waals surface area contributed by atoms with Crippen molar-refractivity contribution in [1.82, 2.24) is 25.5 Å². The molecule has 2 heterocycles. The van der Waals surface area contributed by atoms with Crippen LogP contribution in [0.4, 0.5) is 14.6 Å². The lowest BCUT2D eigenvalue weighted by Gasteiger charge is -2.17. The third-order valence-electron chi connectivity index (χ3n) is 5.82. The lowest BCUT2D eigenvalue weighted by atomic mass is 9.95. The second-order valence-electron chi connectivity index (χ2n) is 9.04. The van der Waals surface area contributed by atoms with Gasteiger partial charge in [0.15, 0.2) is 21.3 Å². The fraction of sp³-hybridized carbons (Fsp3) is 0.360. The minimum Gasteiger partial charge on any atom is -0.418 e. The average molecular weight is 531 g/mol. The summed E-state index contributed by atoms with van der Waals surface area (Å²) in [6.45, 7) is 5.21. The van der Waals surface area contributed by atoms with E-state index in [9.17, 15) is 17.2 Å². The topological polar surface area (TPSA) is 137 Å². The Labute approximate surface area is 213 Å². The van der Waals surface area contributed by atoms with Crippen LogP contribution in [0.1, 0.15) is 32.6 Å². The number of hydrogen-bond donors (Lipinski definition) is 2. The molecule has 1 aromatic carbocycles. The molecule has 3 unspecified atom stereocenters. The van der Waals surface area contributed by atoms with Crippen LogP contribution >= 0.6 is 0 Å². The molecule has 0 bridgehead atoms. The summed E-state index contributed by atoms with van der Waals surface area (Å²) < 4.78 is 58.3. The highest BCUT2D eigenvalue weighted by Crippen LogP contribution is 2.32. The molecular weight excluding hydrogens is 502 g/mol. The predicted molar refractivity (Wildman–Crippen MR) is 136 cm³/mol. The van der Waals surface area contributed by atoms with Crippen molar-refractivity contribution < 1.29 is 21.6 Å². The maximum atomic E-state index is 14.9. The molecule has 1 aliphatic carbocycles. The number of rotatable bonds is 9. The van der Waals surface area contributed by atoms with Gasteiger partial charge >= 0.3 is 0 Å². The molecule has 196 valence electrons. The summed E-state index contributed by atoms with van der Waals surface area (Å²) in [4.78, 5) is 8.85. The van der Waals surface area contributed by atoms with Gasteiger partial charge in [-0.3, -0.25) is 0 Å². The molecule has 3 N–H and O–H groups in total. The third kappa shape index (κ3) is 5.91. The third-order valence-corrected chi connectivity index (χ3v) is 7.99. The van der Waals surface area contributed by atoms with Crippen LogP contribution in [0.3, 0.4) is 0 Å². The van der Waals surface area contributed by atoms with Gasteiger partial charge in [-0.05, 0) is 44.6 Å². The van der Waals surface area contributed by atoms with E-state index in [-0.39, 0.29) is 34.7 Å². The Morgan fingerprint density at radius 3 is 2.54 bits per heavy atom. The minimum atomic E-state index is -3.41. The Hall–Kier alpha value is -3.51. The number of hydrogen-bond acceptors (Lipinski definition) is 9. The van der Waals surface area contributed by atoms with Crippen LogP contribution in [0.25, 0.3) is 22.8 Å². The molecule has 37 heavy (non-hydrogen) atoms. The van der Waals surface area contributed by atoms with Gasteiger partial charge in [0.1, 0.15) is 12.3 Å². The number of nitrogens with zero attached hydrogens (tertiary/aromatic N) is 4. The van der Waals surface area contributed by atoms with E-state index >= 15 is 0 Å². The van der Waals surface area contributed by atoms with E-state index < -0.39 is 33.3 Å². The first-order valence-corrected chi connectivity index (χ1v) is 13.3. The van der Waals surface area contributed by atoms with E-state index in [0.29, 0.717) is 23.4 Å². The van der Waals surface area contributed by atoms with E-state index in [2.05, 4.69) is 25.5 Å². The summed E-state index contributed by atoms with van der Waals surface area (Å²) in [6.07, 6.45) is 3.84. The van der Waals surface area contributed by atoms with Crippen molar-refractivity contribution in [2.75, 3.05) is 18.8 Å². The number of nitrogens with one attached hydrogen (secondary N) is 1. The van der Waals surface area contributed by atoms with E-state index in [4.69, 9.17) is 10.2 Å². The number of halogens is 2. The number of aromatic nitrogens is 4. The molecule has 0 fully saturated rings. The number of allylic oxidation sites excluding steroid dienone is 2. The summed E-state index contributed by atoms with van der Waals surface area (Å²) in [5, 5.41) is 10.4. The van der Waals surface area contributed by atoms with Crippen LogP contribution in [0.5, 0.6) is 0 Å². The summed E-state index contributed by atoms with van der Waals surface area (Å²) in [5.41, 5.74) is 7.86. The van der Waals surface area contributed by atoms with Gasteiger partial charge in [0, 0.05) is 18.7 Å². The molecule has 12 heteroatoms. The number of anilines is 1. The van der Waals surface area contributed by atoms with E-state index in [1.54, 1.807) is 38.1 Å². The van der Waals surface area contributed by atoms with Crippen molar-refractivity contribution in [3.63, 3.8) is 0 Å². The van der Waals surface area contributed by atoms with Crippen molar-refractivity contribution in [3.8, 4) is 22.8 Å². The van der Waals surface area contributed by atoms with Gasteiger partial charge in [-0.25, -0.2) is 27.2 Å². The molecule has 0 saturated heterocycles. The maximum absolute atomic E-state index is 14.9. The van der Waals surface area contributed by atoms with E-state index in [1.807, 2.05) is 0 Å². The zero-order valence-electron chi connectivity index (χ0n) is 20.6. The molecule has 3 aromatic rings. The first-order valence-electron chi connectivity index (χ1n) is 11.7. The van der Waals surface area contributed by atoms with Gasteiger partial charge in [0.25, 0.3) is 5.89 Å². The quantitative estimate of drug-likeness (QED) is 0.423. The van der Waals surface area contributed by atoms with Crippen LogP contribution in [0, 0.1) is 0 Å². The van der Waals surface area contributed by atoms with E-state index in [0.717, 1.165) is 0 Å². The zero-order valence-corrected chi connectivity index (χ0v) is 21.4. The van der Waals surface area contributed by atoms with Crippen molar-refractivity contribution >= 4 is 15.7 Å². The predicted octanol–water partition coefficient (Wildman–Crippen LogP) is 3.82. The number of nitrogens with two attached hydrogens (primary N) is 1. The SMILES string of the molecule is CC(F)CNCC1=CC(F)C(c2nnc(-c3nc(-c4ccc(S(=O)(=O)C(C)C)cc4)cnc3N)o2)C=C1. The molecule has 0 saturated carbocycles.